The number of H-pyrrole nitrogens is 1. The van der Waals surface area contributed by atoms with Crippen LogP contribution in [-0.4, -0.2) is 25.7 Å². The molecule has 0 fully saturated rings. The van der Waals surface area contributed by atoms with Gasteiger partial charge in [-0.3, -0.25) is 0 Å². The Morgan fingerprint density at radius 2 is 2.13 bits per heavy atom. The van der Waals surface area contributed by atoms with E-state index in [0.717, 1.165) is 16.6 Å². The first-order valence-corrected chi connectivity index (χ1v) is 7.08. The average Bonchev–Trinajstić information content (AvgIpc) is 3.10. The Labute approximate surface area is 130 Å². The predicted octanol–water partition coefficient (Wildman–Crippen LogP) is 3.61. The second kappa shape index (κ2) is 4.88. The number of carboxylic acid groups (broad SMARTS) is 1. The molecular weight excluding hydrogens is 294 g/mol. The van der Waals surface area contributed by atoms with Gasteiger partial charge in [0, 0.05) is 28.9 Å². The molecule has 0 spiro atoms. The molecule has 0 aliphatic rings. The number of hydrogen-bond donors (Lipinski definition) is 2. The van der Waals surface area contributed by atoms with E-state index in [0.29, 0.717) is 17.0 Å². The topological polar surface area (TPSA) is 79.6 Å². The molecule has 0 saturated carbocycles. The van der Waals surface area contributed by atoms with Crippen molar-refractivity contribution in [2.75, 3.05) is 0 Å². The van der Waals surface area contributed by atoms with E-state index in [-0.39, 0.29) is 5.56 Å². The maximum absolute atomic E-state index is 11.1. The minimum absolute atomic E-state index is 0.172. The Kier molecular flexibility index (Phi) is 2.84. The van der Waals surface area contributed by atoms with E-state index < -0.39 is 5.97 Å². The molecule has 2 N–H and O–H groups in total. The van der Waals surface area contributed by atoms with Gasteiger partial charge in [-0.15, -0.1) is 0 Å². The first kappa shape index (κ1) is 13.4. The number of aromatic nitrogens is 3. The van der Waals surface area contributed by atoms with Crippen molar-refractivity contribution in [3.8, 4) is 11.5 Å². The molecule has 3 aromatic heterocycles. The standard InChI is InChI=1S/C17H13N3O3/c1-10-6-11-7-13(2-3-14(11)19-10)23-16-4-5-18-20-9-12(17(21)22)8-15(16)20/h2-9,19H,1H3,(H,21,22). The predicted molar refractivity (Wildman–Crippen MR) is 85.3 cm³/mol. The number of carbonyl (C=O) groups is 1. The maximum Gasteiger partial charge on any atom is 0.337 e. The molecule has 3 heterocycles. The fraction of sp³-hybridized carbons (Fsp3) is 0.0588. The highest BCUT2D eigenvalue weighted by molar-refractivity contribution is 5.90. The lowest BCUT2D eigenvalue weighted by molar-refractivity contribution is 0.0697. The van der Waals surface area contributed by atoms with Crippen LogP contribution in [0, 0.1) is 6.92 Å². The molecule has 4 rings (SSSR count). The normalized spacial score (nSPS) is 11.2. The molecule has 0 atom stereocenters. The highest BCUT2D eigenvalue weighted by atomic mass is 16.5. The lowest BCUT2D eigenvalue weighted by Crippen LogP contribution is -1.93. The number of ether oxygens (including phenoxy) is 1. The van der Waals surface area contributed by atoms with E-state index in [9.17, 15) is 4.79 Å². The van der Waals surface area contributed by atoms with Crippen molar-refractivity contribution < 1.29 is 14.6 Å². The third-order valence-electron chi connectivity index (χ3n) is 3.67. The molecule has 6 nitrogen and oxygen atoms in total. The SMILES string of the molecule is Cc1cc2cc(Oc3ccnn4cc(C(=O)O)cc34)ccc2[nH]1. The lowest BCUT2D eigenvalue weighted by atomic mass is 10.2. The van der Waals surface area contributed by atoms with Gasteiger partial charge in [0.2, 0.25) is 0 Å². The van der Waals surface area contributed by atoms with E-state index in [4.69, 9.17) is 9.84 Å². The van der Waals surface area contributed by atoms with Crippen LogP contribution in [-0.2, 0) is 0 Å². The van der Waals surface area contributed by atoms with Crippen molar-refractivity contribution in [3.05, 3.63) is 60.0 Å². The van der Waals surface area contributed by atoms with Crippen LogP contribution in [0.1, 0.15) is 16.1 Å². The molecule has 1 aromatic carbocycles. The van der Waals surface area contributed by atoms with Crippen molar-refractivity contribution in [2.45, 2.75) is 6.92 Å². The fourth-order valence-corrected chi connectivity index (χ4v) is 2.64. The molecular formula is C17H13N3O3. The van der Waals surface area contributed by atoms with Crippen molar-refractivity contribution in [2.24, 2.45) is 0 Å². The fourth-order valence-electron chi connectivity index (χ4n) is 2.64. The molecule has 0 saturated heterocycles. The van der Waals surface area contributed by atoms with E-state index in [1.807, 2.05) is 31.2 Å². The Balaban J connectivity index is 1.77. The van der Waals surface area contributed by atoms with Crippen molar-refractivity contribution in [1.82, 2.24) is 14.6 Å². The van der Waals surface area contributed by atoms with Crippen LogP contribution < -0.4 is 4.74 Å². The number of carboxylic acids is 1. The quantitative estimate of drug-likeness (QED) is 0.606. The van der Waals surface area contributed by atoms with Gasteiger partial charge >= 0.3 is 5.97 Å². The Morgan fingerprint density at radius 1 is 1.26 bits per heavy atom. The zero-order valence-electron chi connectivity index (χ0n) is 12.3. The minimum Gasteiger partial charge on any atom is -0.478 e. The van der Waals surface area contributed by atoms with Gasteiger partial charge in [0.1, 0.15) is 11.3 Å². The highest BCUT2D eigenvalue weighted by Crippen LogP contribution is 2.29. The van der Waals surface area contributed by atoms with Gasteiger partial charge in [-0.25, -0.2) is 9.31 Å². The van der Waals surface area contributed by atoms with E-state index in [1.54, 1.807) is 18.3 Å². The van der Waals surface area contributed by atoms with Crippen molar-refractivity contribution in [3.63, 3.8) is 0 Å². The summed E-state index contributed by atoms with van der Waals surface area (Å²) in [4.78, 5) is 14.4. The summed E-state index contributed by atoms with van der Waals surface area (Å²) >= 11 is 0. The molecule has 0 radical (unpaired) electrons. The van der Waals surface area contributed by atoms with E-state index in [2.05, 4.69) is 10.1 Å². The molecule has 23 heavy (non-hydrogen) atoms. The molecule has 114 valence electrons. The third-order valence-corrected chi connectivity index (χ3v) is 3.67. The number of nitrogens with zero attached hydrogens (tertiary/aromatic N) is 2. The molecule has 4 aromatic rings. The first-order valence-electron chi connectivity index (χ1n) is 7.08. The van der Waals surface area contributed by atoms with Gasteiger partial charge in [0.05, 0.1) is 11.8 Å². The number of aryl methyl sites for hydroxylation is 1. The molecule has 0 bridgehead atoms. The van der Waals surface area contributed by atoms with Gasteiger partial charge in [-0.2, -0.15) is 5.10 Å². The maximum atomic E-state index is 11.1. The largest absolute Gasteiger partial charge is 0.478 e. The van der Waals surface area contributed by atoms with Gasteiger partial charge in [-0.1, -0.05) is 0 Å². The summed E-state index contributed by atoms with van der Waals surface area (Å²) in [5.74, 6) is 0.243. The number of fused-ring (bicyclic) bond motifs is 2. The second-order valence-electron chi connectivity index (χ2n) is 5.36. The number of aromatic amines is 1. The monoisotopic (exact) mass is 307 g/mol. The molecule has 0 aliphatic carbocycles. The number of rotatable bonds is 3. The Bertz CT molecular complexity index is 1050. The summed E-state index contributed by atoms with van der Waals surface area (Å²) in [6, 6.07) is 11.1. The zero-order valence-corrected chi connectivity index (χ0v) is 12.3. The van der Waals surface area contributed by atoms with Crippen LogP contribution in [0.3, 0.4) is 0 Å². The van der Waals surface area contributed by atoms with Crippen LogP contribution in [0.2, 0.25) is 0 Å². The van der Waals surface area contributed by atoms with E-state index in [1.165, 1.54) is 10.7 Å². The summed E-state index contributed by atoms with van der Waals surface area (Å²) in [5.41, 5.74) is 2.91. The number of nitrogens with one attached hydrogen (secondary N) is 1. The molecule has 0 aliphatic heterocycles. The number of hydrogen-bond acceptors (Lipinski definition) is 3. The second-order valence-corrected chi connectivity index (χ2v) is 5.36. The van der Waals surface area contributed by atoms with Crippen LogP contribution in [0.25, 0.3) is 16.4 Å². The smallest absolute Gasteiger partial charge is 0.337 e. The molecule has 0 unspecified atom stereocenters. The summed E-state index contributed by atoms with van der Waals surface area (Å²) in [7, 11) is 0. The first-order chi connectivity index (χ1) is 11.1. The Hall–Kier alpha value is -3.28. The van der Waals surface area contributed by atoms with Gasteiger partial charge in [-0.05, 0) is 37.3 Å². The highest BCUT2D eigenvalue weighted by Gasteiger charge is 2.12. The van der Waals surface area contributed by atoms with Crippen molar-refractivity contribution >= 4 is 22.4 Å². The van der Waals surface area contributed by atoms with Gasteiger partial charge < -0.3 is 14.8 Å². The minimum atomic E-state index is -0.995. The number of aromatic carboxylic acids is 1. The summed E-state index contributed by atoms with van der Waals surface area (Å²) in [6.07, 6.45) is 3.04. The molecule has 0 amide bonds. The zero-order chi connectivity index (χ0) is 16.0. The van der Waals surface area contributed by atoms with Gasteiger partial charge in [0.15, 0.2) is 5.75 Å². The van der Waals surface area contributed by atoms with Crippen LogP contribution in [0.15, 0.2) is 48.8 Å². The van der Waals surface area contributed by atoms with Crippen LogP contribution >= 0.6 is 0 Å². The van der Waals surface area contributed by atoms with Crippen LogP contribution in [0.5, 0.6) is 11.5 Å². The third kappa shape index (κ3) is 2.30. The lowest BCUT2D eigenvalue weighted by Gasteiger charge is -2.07. The van der Waals surface area contributed by atoms with Crippen LogP contribution in [0.4, 0.5) is 0 Å². The summed E-state index contributed by atoms with van der Waals surface area (Å²) in [5, 5.41) is 14.3. The molecule has 6 heteroatoms. The van der Waals surface area contributed by atoms with Gasteiger partial charge in [0.25, 0.3) is 0 Å². The Morgan fingerprint density at radius 3 is 2.96 bits per heavy atom. The summed E-state index contributed by atoms with van der Waals surface area (Å²) in [6.45, 7) is 2.00. The van der Waals surface area contributed by atoms with E-state index >= 15 is 0 Å². The van der Waals surface area contributed by atoms with Crippen molar-refractivity contribution in [1.29, 1.82) is 0 Å². The number of benzene rings is 1. The average molecular weight is 307 g/mol. The summed E-state index contributed by atoms with van der Waals surface area (Å²) < 4.78 is 7.43.